The molecule has 0 aliphatic rings. The van der Waals surface area contributed by atoms with Gasteiger partial charge in [0.25, 0.3) is 0 Å². The Kier molecular flexibility index (Phi) is 10.4. The molecule has 0 radical (unpaired) electrons. The van der Waals surface area contributed by atoms with Gasteiger partial charge < -0.3 is 40.8 Å². The number of nitrogens with zero attached hydrogens (tertiary/aromatic N) is 3. The SMILES string of the molecule is C[CH-]Cc1cc(OC)c(OC)cc1C(=[N-])c1ccc(N)cc1.Cn1s[c-]nc1=O.[Li+]. The van der Waals surface area contributed by atoms with Gasteiger partial charge in [-0.05, 0) is 35.4 Å². The van der Waals surface area contributed by atoms with Crippen molar-refractivity contribution in [2.45, 2.75) is 13.3 Å². The molecule has 9 heteroatoms. The fourth-order valence-corrected chi connectivity index (χ4v) is 2.92. The van der Waals surface area contributed by atoms with Crippen molar-refractivity contribution in [2.75, 3.05) is 20.0 Å². The van der Waals surface area contributed by atoms with E-state index in [2.05, 4.69) is 10.5 Å². The smallest absolute Gasteiger partial charge is 0.803 e. The maximum Gasteiger partial charge on any atom is 1.00 e. The van der Waals surface area contributed by atoms with E-state index in [9.17, 15) is 10.2 Å². The van der Waals surface area contributed by atoms with E-state index in [0.29, 0.717) is 29.2 Å². The predicted molar refractivity (Wildman–Crippen MR) is 117 cm³/mol. The van der Waals surface area contributed by atoms with E-state index in [1.54, 1.807) is 51.6 Å². The largest absolute Gasteiger partial charge is 1.00 e. The van der Waals surface area contributed by atoms with Crippen molar-refractivity contribution in [2.24, 2.45) is 7.05 Å². The predicted octanol–water partition coefficient (Wildman–Crippen LogP) is 0.105. The van der Waals surface area contributed by atoms with Crippen LogP contribution in [0.2, 0.25) is 0 Å². The minimum absolute atomic E-state index is 0. The molecule has 0 bridgehead atoms. The number of ether oxygens (including phenoxy) is 2. The van der Waals surface area contributed by atoms with Crippen molar-refractivity contribution in [1.82, 2.24) is 8.94 Å². The van der Waals surface area contributed by atoms with E-state index in [4.69, 9.17) is 15.2 Å². The summed E-state index contributed by atoms with van der Waals surface area (Å²) in [5, 5.41) is 10.6. The molecule has 3 aromatic rings. The standard InChI is InChI=1S/C18H20N2O2.C3H3N2OS.Li/c1-4-5-13-10-16(21-2)17(22-3)11-15(13)18(20)12-6-8-14(19)9-7-12;1-5-3(6)4-2-7-5;/h4,6-11H,5,19H2,1-3H3;1H3;/q-2;-1;+1. The van der Waals surface area contributed by atoms with Gasteiger partial charge in [0.15, 0.2) is 17.2 Å². The van der Waals surface area contributed by atoms with Crippen molar-refractivity contribution >= 4 is 22.9 Å². The van der Waals surface area contributed by atoms with Crippen LogP contribution in [0.4, 0.5) is 5.69 Å². The summed E-state index contributed by atoms with van der Waals surface area (Å²) in [4.78, 5) is 13.6. The molecule has 0 amide bonds. The van der Waals surface area contributed by atoms with Gasteiger partial charge in [-0.15, -0.1) is 5.71 Å². The maximum absolute atomic E-state index is 10.6. The van der Waals surface area contributed by atoms with Crippen LogP contribution in [0.3, 0.4) is 0 Å². The van der Waals surface area contributed by atoms with Gasteiger partial charge in [0.2, 0.25) is 0 Å². The number of hydrogen-bond acceptors (Lipinski definition) is 6. The zero-order valence-corrected chi connectivity index (χ0v) is 18.6. The topological polar surface area (TPSA) is 102 Å². The minimum Gasteiger partial charge on any atom is -0.803 e. The quantitative estimate of drug-likeness (QED) is 0.265. The van der Waals surface area contributed by atoms with Gasteiger partial charge in [-0.1, -0.05) is 23.2 Å². The van der Waals surface area contributed by atoms with Crippen LogP contribution in [-0.2, 0) is 13.5 Å². The number of hydrogen-bond donors (Lipinski definition) is 1. The summed E-state index contributed by atoms with van der Waals surface area (Å²) in [5.41, 5.74) is 11.2. The number of nitrogen functional groups attached to an aromatic ring is 1. The molecule has 0 atom stereocenters. The molecular formula is C21H23LiN4O3S-2. The summed E-state index contributed by atoms with van der Waals surface area (Å²) in [6.07, 6.45) is 2.75. The van der Waals surface area contributed by atoms with Crippen LogP contribution in [0.1, 0.15) is 23.6 Å². The molecule has 0 unspecified atom stereocenters. The molecular weight excluding hydrogens is 395 g/mol. The summed E-state index contributed by atoms with van der Waals surface area (Å²) in [7, 11) is 4.82. The third-order valence-electron chi connectivity index (χ3n) is 4.06. The zero-order valence-electron chi connectivity index (χ0n) is 17.8. The molecule has 7 nitrogen and oxygen atoms in total. The monoisotopic (exact) mass is 418 g/mol. The van der Waals surface area contributed by atoms with Crippen molar-refractivity contribution in [3.63, 3.8) is 0 Å². The first-order chi connectivity index (χ1) is 13.9. The van der Waals surface area contributed by atoms with E-state index >= 15 is 0 Å². The Labute approximate surface area is 192 Å². The summed E-state index contributed by atoms with van der Waals surface area (Å²) in [6.45, 7) is 1.97. The van der Waals surface area contributed by atoms with E-state index in [1.165, 1.54) is 15.5 Å². The van der Waals surface area contributed by atoms with E-state index in [1.807, 2.05) is 19.4 Å². The third kappa shape index (κ3) is 6.49. The van der Waals surface area contributed by atoms with Crippen molar-refractivity contribution in [3.05, 3.63) is 80.9 Å². The number of methoxy groups -OCH3 is 2. The molecule has 0 saturated heterocycles. The third-order valence-corrected chi connectivity index (χ3v) is 4.66. The first kappa shape index (κ1) is 25.5. The van der Waals surface area contributed by atoms with E-state index < -0.39 is 0 Å². The number of benzene rings is 2. The molecule has 0 saturated carbocycles. The Morgan fingerprint density at radius 1 is 1.23 bits per heavy atom. The number of aryl methyl sites for hydroxylation is 1. The summed E-state index contributed by atoms with van der Waals surface area (Å²) in [6, 6.07) is 10.8. The van der Waals surface area contributed by atoms with Crippen molar-refractivity contribution in [3.8, 4) is 11.5 Å². The maximum atomic E-state index is 10.6. The molecule has 2 N–H and O–H groups in total. The van der Waals surface area contributed by atoms with Gasteiger partial charge in [0.1, 0.15) is 0 Å². The Bertz CT molecular complexity index is 1020. The Morgan fingerprint density at radius 3 is 2.27 bits per heavy atom. The Balaban J connectivity index is 0.000000477. The number of anilines is 1. The van der Waals surface area contributed by atoms with Crippen LogP contribution in [0.15, 0.2) is 41.2 Å². The average molecular weight is 418 g/mol. The second-order valence-corrected chi connectivity index (χ2v) is 6.93. The number of rotatable bonds is 6. The Hall–Kier alpha value is -2.53. The summed E-state index contributed by atoms with van der Waals surface area (Å²) < 4.78 is 12.1. The second-order valence-electron chi connectivity index (χ2n) is 6.02. The van der Waals surface area contributed by atoms with E-state index in [-0.39, 0.29) is 30.3 Å². The van der Waals surface area contributed by atoms with Gasteiger partial charge >= 0.3 is 18.9 Å². The average Bonchev–Trinajstić information content (AvgIpc) is 3.11. The molecule has 0 aliphatic carbocycles. The normalized spacial score (nSPS) is 9.73. The van der Waals surface area contributed by atoms with Gasteiger partial charge in [-0.2, -0.15) is 24.9 Å². The van der Waals surface area contributed by atoms with Crippen LogP contribution < -0.4 is 39.8 Å². The van der Waals surface area contributed by atoms with Gasteiger partial charge in [-0.25, -0.2) is 0 Å². The van der Waals surface area contributed by atoms with Crippen LogP contribution >= 0.6 is 11.5 Å². The molecule has 154 valence electrons. The van der Waals surface area contributed by atoms with Crippen LogP contribution in [0.5, 0.6) is 11.5 Å². The second kappa shape index (κ2) is 12.2. The molecule has 1 aromatic heterocycles. The molecule has 2 aromatic carbocycles. The number of aromatic nitrogens is 2. The van der Waals surface area contributed by atoms with Gasteiger partial charge in [-0.3, -0.25) is 0 Å². The van der Waals surface area contributed by atoms with Gasteiger partial charge in [0.05, 0.1) is 14.2 Å². The first-order valence-electron chi connectivity index (χ1n) is 8.76. The molecule has 0 spiro atoms. The first-order valence-corrected chi connectivity index (χ1v) is 9.53. The molecule has 3 rings (SSSR count). The van der Waals surface area contributed by atoms with Crippen LogP contribution in [-0.4, -0.2) is 28.9 Å². The van der Waals surface area contributed by atoms with E-state index in [0.717, 1.165) is 11.1 Å². The van der Waals surface area contributed by atoms with Crippen molar-refractivity contribution in [1.29, 1.82) is 0 Å². The fourth-order valence-electron chi connectivity index (χ4n) is 2.56. The zero-order chi connectivity index (χ0) is 21.4. The summed E-state index contributed by atoms with van der Waals surface area (Å²) in [5.74, 6) is 1.23. The molecule has 30 heavy (non-hydrogen) atoms. The minimum atomic E-state index is -0.231. The fraction of sp³-hybridized carbons (Fsp3) is 0.238. The molecule has 1 heterocycles. The molecule has 0 fully saturated rings. The number of nitrogens with two attached hydrogens (primary N) is 1. The summed E-state index contributed by atoms with van der Waals surface area (Å²) >= 11 is 1.17. The van der Waals surface area contributed by atoms with Gasteiger partial charge in [0, 0.05) is 12.7 Å². The molecule has 0 aliphatic heterocycles. The Morgan fingerprint density at radius 2 is 1.83 bits per heavy atom. The van der Waals surface area contributed by atoms with Crippen LogP contribution in [0, 0.1) is 11.9 Å². The van der Waals surface area contributed by atoms with Crippen LogP contribution in [0.25, 0.3) is 5.41 Å². The van der Waals surface area contributed by atoms with Crippen molar-refractivity contribution < 1.29 is 28.3 Å².